The fourth-order valence-electron chi connectivity index (χ4n) is 3.30. The minimum Gasteiger partial charge on any atom is -0.482 e. The molecule has 3 heterocycles. The molecule has 2 aromatic carbocycles. The Bertz CT molecular complexity index is 1130. The first-order valence-electron chi connectivity index (χ1n) is 8.39. The number of nitrogens with one attached hydrogen (secondary N) is 1. The van der Waals surface area contributed by atoms with Crippen LogP contribution in [0.3, 0.4) is 0 Å². The second-order valence-electron chi connectivity index (χ2n) is 6.15. The summed E-state index contributed by atoms with van der Waals surface area (Å²) in [7, 11) is 0. The number of carbonyl (C=O) groups excluding carboxylic acids is 1. The molecule has 1 aliphatic heterocycles. The average molecular weight is 341 g/mol. The molecule has 0 fully saturated rings. The fourth-order valence-corrected chi connectivity index (χ4v) is 3.30. The van der Waals surface area contributed by atoms with E-state index in [1.807, 2.05) is 60.8 Å². The maximum absolute atomic E-state index is 11.7. The van der Waals surface area contributed by atoms with Crippen LogP contribution in [0.15, 0.2) is 72.9 Å². The van der Waals surface area contributed by atoms with Crippen molar-refractivity contribution in [3.8, 4) is 28.3 Å². The van der Waals surface area contributed by atoms with E-state index in [-0.39, 0.29) is 12.5 Å². The van der Waals surface area contributed by atoms with Gasteiger partial charge in [0.05, 0.1) is 17.1 Å². The third-order valence-corrected chi connectivity index (χ3v) is 4.46. The summed E-state index contributed by atoms with van der Waals surface area (Å²) in [6, 6.07) is 21.9. The predicted octanol–water partition coefficient (Wildman–Crippen LogP) is 4.00. The Balaban J connectivity index is 1.76. The lowest BCUT2D eigenvalue weighted by Crippen LogP contribution is -2.25. The number of aromatic nitrogens is 2. The van der Waals surface area contributed by atoms with Crippen LogP contribution in [0, 0.1) is 0 Å². The van der Waals surface area contributed by atoms with Crippen molar-refractivity contribution < 1.29 is 9.53 Å². The summed E-state index contributed by atoms with van der Waals surface area (Å²) in [4.78, 5) is 16.5. The maximum atomic E-state index is 11.7. The molecule has 5 rings (SSSR count). The van der Waals surface area contributed by atoms with Gasteiger partial charge in [-0.3, -0.25) is 9.20 Å². The zero-order valence-electron chi connectivity index (χ0n) is 13.8. The minimum absolute atomic E-state index is 0.0528. The largest absolute Gasteiger partial charge is 0.482 e. The molecule has 126 valence electrons. The van der Waals surface area contributed by atoms with Crippen LogP contribution in [0.5, 0.6) is 5.75 Å². The number of carbonyl (C=O) groups is 1. The first kappa shape index (κ1) is 14.7. The number of imidazole rings is 1. The fraction of sp³-hybridized carbons (Fsp3) is 0.0476. The van der Waals surface area contributed by atoms with Gasteiger partial charge in [0, 0.05) is 17.3 Å². The van der Waals surface area contributed by atoms with Crippen molar-refractivity contribution in [2.75, 3.05) is 11.9 Å². The van der Waals surface area contributed by atoms with E-state index in [1.165, 1.54) is 0 Å². The number of anilines is 1. The zero-order valence-corrected chi connectivity index (χ0v) is 13.8. The first-order chi connectivity index (χ1) is 12.8. The molecule has 1 aliphatic rings. The highest BCUT2D eigenvalue weighted by molar-refractivity contribution is 5.96. The lowest BCUT2D eigenvalue weighted by atomic mass is 10.0. The zero-order chi connectivity index (χ0) is 17.5. The van der Waals surface area contributed by atoms with Crippen molar-refractivity contribution in [2.45, 2.75) is 0 Å². The van der Waals surface area contributed by atoms with Crippen molar-refractivity contribution in [1.29, 1.82) is 0 Å². The van der Waals surface area contributed by atoms with E-state index in [9.17, 15) is 4.79 Å². The number of hydrogen-bond acceptors (Lipinski definition) is 3. The molecule has 0 spiro atoms. The van der Waals surface area contributed by atoms with Gasteiger partial charge < -0.3 is 10.1 Å². The molecule has 0 bridgehead atoms. The van der Waals surface area contributed by atoms with E-state index in [4.69, 9.17) is 9.72 Å². The molecular weight excluding hydrogens is 326 g/mol. The van der Waals surface area contributed by atoms with E-state index in [2.05, 4.69) is 21.9 Å². The molecule has 5 nitrogen and oxygen atoms in total. The molecule has 0 unspecified atom stereocenters. The smallest absolute Gasteiger partial charge is 0.262 e. The molecule has 0 atom stereocenters. The van der Waals surface area contributed by atoms with Gasteiger partial charge in [-0.15, -0.1) is 0 Å². The highest BCUT2D eigenvalue weighted by Gasteiger charge is 2.20. The van der Waals surface area contributed by atoms with Gasteiger partial charge in [-0.1, -0.05) is 36.4 Å². The number of nitrogens with zero attached hydrogens (tertiary/aromatic N) is 2. The molecule has 1 amide bonds. The predicted molar refractivity (Wildman–Crippen MR) is 100 cm³/mol. The Morgan fingerprint density at radius 1 is 0.962 bits per heavy atom. The van der Waals surface area contributed by atoms with Gasteiger partial charge in [-0.05, 0) is 30.3 Å². The van der Waals surface area contributed by atoms with Crippen LogP contribution in [0.2, 0.25) is 0 Å². The molecule has 0 saturated carbocycles. The van der Waals surface area contributed by atoms with Crippen LogP contribution in [0.25, 0.3) is 28.2 Å². The van der Waals surface area contributed by atoms with E-state index in [0.717, 1.165) is 28.2 Å². The molecule has 1 N–H and O–H groups in total. The van der Waals surface area contributed by atoms with Crippen LogP contribution < -0.4 is 10.1 Å². The Hall–Kier alpha value is -3.60. The second-order valence-corrected chi connectivity index (χ2v) is 6.15. The summed E-state index contributed by atoms with van der Waals surface area (Å²) >= 11 is 0. The van der Waals surface area contributed by atoms with Gasteiger partial charge >= 0.3 is 0 Å². The van der Waals surface area contributed by atoms with E-state index in [0.29, 0.717) is 11.4 Å². The van der Waals surface area contributed by atoms with Gasteiger partial charge in [0.1, 0.15) is 11.4 Å². The summed E-state index contributed by atoms with van der Waals surface area (Å²) in [5, 5.41) is 2.88. The van der Waals surface area contributed by atoms with Gasteiger partial charge in [-0.25, -0.2) is 4.98 Å². The number of pyridine rings is 1. The summed E-state index contributed by atoms with van der Waals surface area (Å²) in [6.45, 7) is 0.0528. The number of rotatable bonds is 2. The third kappa shape index (κ3) is 2.33. The van der Waals surface area contributed by atoms with Gasteiger partial charge in [0.15, 0.2) is 6.61 Å². The van der Waals surface area contributed by atoms with E-state index in [1.54, 1.807) is 0 Å². The van der Waals surface area contributed by atoms with Crippen LogP contribution in [-0.2, 0) is 4.79 Å². The van der Waals surface area contributed by atoms with Crippen molar-refractivity contribution in [1.82, 2.24) is 9.38 Å². The van der Waals surface area contributed by atoms with Crippen molar-refractivity contribution in [2.24, 2.45) is 0 Å². The topological polar surface area (TPSA) is 55.6 Å². The van der Waals surface area contributed by atoms with Crippen LogP contribution in [-0.4, -0.2) is 21.9 Å². The number of hydrogen-bond donors (Lipinski definition) is 1. The molecule has 2 aromatic heterocycles. The summed E-state index contributed by atoms with van der Waals surface area (Å²) in [5.74, 6) is 0.541. The third-order valence-electron chi connectivity index (χ3n) is 4.46. The average Bonchev–Trinajstić information content (AvgIpc) is 3.07. The summed E-state index contributed by atoms with van der Waals surface area (Å²) in [5.41, 5.74) is 5.45. The normalized spacial score (nSPS) is 13.2. The number of benzene rings is 2. The number of amides is 1. The highest BCUT2D eigenvalue weighted by atomic mass is 16.5. The highest BCUT2D eigenvalue weighted by Crippen LogP contribution is 2.37. The number of fused-ring (bicyclic) bond motifs is 2. The molecule has 0 saturated heterocycles. The SMILES string of the molecule is O=C1COc2ccc(-c3c(-c4ccccc4)nc4ccccn34)cc2N1. The van der Waals surface area contributed by atoms with E-state index < -0.39 is 0 Å². The monoisotopic (exact) mass is 341 g/mol. The molecular formula is C21H15N3O2. The minimum atomic E-state index is -0.143. The van der Waals surface area contributed by atoms with Gasteiger partial charge in [0.2, 0.25) is 0 Å². The lowest BCUT2D eigenvalue weighted by molar-refractivity contribution is -0.118. The van der Waals surface area contributed by atoms with Crippen molar-refractivity contribution in [3.05, 3.63) is 72.9 Å². The second kappa shape index (κ2) is 5.74. The quantitative estimate of drug-likeness (QED) is 0.599. The molecule has 26 heavy (non-hydrogen) atoms. The van der Waals surface area contributed by atoms with Crippen LogP contribution in [0.4, 0.5) is 5.69 Å². The Labute approximate surface area is 149 Å². The van der Waals surface area contributed by atoms with Gasteiger partial charge in [0.25, 0.3) is 5.91 Å². The van der Waals surface area contributed by atoms with Crippen molar-refractivity contribution >= 4 is 17.2 Å². The first-order valence-corrected chi connectivity index (χ1v) is 8.39. The van der Waals surface area contributed by atoms with Crippen molar-refractivity contribution in [3.63, 3.8) is 0 Å². The summed E-state index contributed by atoms with van der Waals surface area (Å²) < 4.78 is 7.54. The van der Waals surface area contributed by atoms with Gasteiger partial charge in [-0.2, -0.15) is 0 Å². The molecule has 5 heteroatoms. The van der Waals surface area contributed by atoms with Crippen LogP contribution >= 0.6 is 0 Å². The molecule has 0 radical (unpaired) electrons. The Morgan fingerprint density at radius 3 is 2.69 bits per heavy atom. The standard InChI is InChI=1S/C21H15N3O2/c25-19-13-26-17-10-9-15(12-16(17)22-19)21-20(14-6-2-1-3-7-14)23-18-8-4-5-11-24(18)21/h1-12H,13H2,(H,22,25). The maximum Gasteiger partial charge on any atom is 0.262 e. The molecule has 4 aromatic rings. The summed E-state index contributed by atoms with van der Waals surface area (Å²) in [6.07, 6.45) is 2.00. The number of ether oxygens (including phenoxy) is 1. The molecule has 0 aliphatic carbocycles. The lowest BCUT2D eigenvalue weighted by Gasteiger charge is -2.18. The Kier molecular flexibility index (Phi) is 3.25. The van der Waals surface area contributed by atoms with E-state index >= 15 is 0 Å². The Morgan fingerprint density at radius 2 is 1.81 bits per heavy atom. The van der Waals surface area contributed by atoms with Crippen LogP contribution in [0.1, 0.15) is 0 Å².